The van der Waals surface area contributed by atoms with Crippen LogP contribution in [0.3, 0.4) is 0 Å². The predicted octanol–water partition coefficient (Wildman–Crippen LogP) is 2.18. The minimum atomic E-state index is -2.76. The first-order valence-electron chi connectivity index (χ1n) is 6.56. The maximum Gasteiger partial charge on any atom is 0.295 e. The SMILES string of the molecule is C[C@@]1(c2cc(N)ccc2F)Cn2c(cnc2C(F)F)C(N)=N1. The fourth-order valence-corrected chi connectivity index (χ4v) is 2.70. The lowest BCUT2D eigenvalue weighted by atomic mass is 9.90. The summed E-state index contributed by atoms with van der Waals surface area (Å²) < 4.78 is 41.5. The third-order valence-corrected chi connectivity index (χ3v) is 3.75. The second kappa shape index (κ2) is 4.75. The van der Waals surface area contributed by atoms with Gasteiger partial charge in [0.2, 0.25) is 0 Å². The molecule has 1 aromatic heterocycles. The first-order chi connectivity index (χ1) is 10.3. The van der Waals surface area contributed by atoms with Crippen LogP contribution in [0, 0.1) is 5.82 Å². The highest BCUT2D eigenvalue weighted by Crippen LogP contribution is 2.36. The Morgan fingerprint density at radius 2 is 2.05 bits per heavy atom. The fourth-order valence-electron chi connectivity index (χ4n) is 2.70. The number of hydrogen-bond donors (Lipinski definition) is 2. The molecule has 4 N–H and O–H groups in total. The van der Waals surface area contributed by atoms with Gasteiger partial charge in [-0.2, -0.15) is 0 Å². The molecule has 0 saturated carbocycles. The minimum absolute atomic E-state index is 0.00306. The minimum Gasteiger partial charge on any atom is -0.399 e. The van der Waals surface area contributed by atoms with Gasteiger partial charge in [0.1, 0.15) is 22.9 Å². The molecule has 0 spiro atoms. The van der Waals surface area contributed by atoms with E-state index in [0.717, 1.165) is 0 Å². The summed E-state index contributed by atoms with van der Waals surface area (Å²) in [4.78, 5) is 7.97. The number of nitrogens with zero attached hydrogens (tertiary/aromatic N) is 3. The highest BCUT2D eigenvalue weighted by Gasteiger charge is 2.37. The molecule has 1 aliphatic rings. The number of imidazole rings is 1. The number of fused-ring (bicyclic) bond motifs is 1. The van der Waals surface area contributed by atoms with E-state index in [4.69, 9.17) is 11.5 Å². The highest BCUT2D eigenvalue weighted by atomic mass is 19.3. The molecule has 0 aliphatic carbocycles. The van der Waals surface area contributed by atoms with E-state index in [1.165, 1.54) is 29.0 Å². The van der Waals surface area contributed by atoms with Crippen LogP contribution in [-0.2, 0) is 12.1 Å². The van der Waals surface area contributed by atoms with E-state index in [2.05, 4.69) is 9.98 Å². The van der Waals surface area contributed by atoms with Gasteiger partial charge in [-0.15, -0.1) is 0 Å². The summed E-state index contributed by atoms with van der Waals surface area (Å²) in [5.74, 6) is -0.895. The van der Waals surface area contributed by atoms with Gasteiger partial charge in [-0.05, 0) is 25.1 Å². The molecule has 0 saturated heterocycles. The zero-order valence-electron chi connectivity index (χ0n) is 11.7. The lowest BCUT2D eigenvalue weighted by molar-refractivity contribution is 0.132. The fraction of sp³-hybridized carbons (Fsp3) is 0.286. The van der Waals surface area contributed by atoms with Crippen LogP contribution in [-0.4, -0.2) is 15.4 Å². The zero-order chi connectivity index (χ0) is 16.1. The molecule has 2 aromatic rings. The number of halogens is 3. The molecule has 0 amide bonds. The monoisotopic (exact) mass is 309 g/mol. The average Bonchev–Trinajstić information content (AvgIpc) is 2.85. The van der Waals surface area contributed by atoms with E-state index in [0.29, 0.717) is 11.4 Å². The Morgan fingerprint density at radius 1 is 1.32 bits per heavy atom. The molecule has 8 heteroatoms. The van der Waals surface area contributed by atoms with Crippen LogP contribution in [0.4, 0.5) is 18.9 Å². The van der Waals surface area contributed by atoms with Crippen LogP contribution < -0.4 is 11.5 Å². The Kier molecular flexibility index (Phi) is 3.12. The largest absolute Gasteiger partial charge is 0.399 e. The molecule has 0 bridgehead atoms. The van der Waals surface area contributed by atoms with Crippen molar-refractivity contribution in [3.8, 4) is 0 Å². The normalized spacial score (nSPS) is 20.9. The maximum atomic E-state index is 14.1. The number of aromatic nitrogens is 2. The first-order valence-corrected chi connectivity index (χ1v) is 6.56. The van der Waals surface area contributed by atoms with Crippen LogP contribution in [0.25, 0.3) is 0 Å². The quantitative estimate of drug-likeness (QED) is 0.834. The molecule has 5 nitrogen and oxygen atoms in total. The number of anilines is 1. The van der Waals surface area contributed by atoms with Crippen LogP contribution in [0.15, 0.2) is 29.4 Å². The molecule has 0 fully saturated rings. The van der Waals surface area contributed by atoms with Crippen molar-refractivity contribution in [3.63, 3.8) is 0 Å². The summed E-state index contributed by atoms with van der Waals surface area (Å²) in [6, 6.07) is 4.08. The van der Waals surface area contributed by atoms with Crippen LogP contribution in [0.2, 0.25) is 0 Å². The number of benzene rings is 1. The third-order valence-electron chi connectivity index (χ3n) is 3.75. The molecule has 3 rings (SSSR count). The lowest BCUT2D eigenvalue weighted by Crippen LogP contribution is -2.38. The summed E-state index contributed by atoms with van der Waals surface area (Å²) in [7, 11) is 0. The van der Waals surface area contributed by atoms with Gasteiger partial charge in [0.15, 0.2) is 5.82 Å². The smallest absolute Gasteiger partial charge is 0.295 e. The molecule has 2 heterocycles. The summed E-state index contributed by atoms with van der Waals surface area (Å²) in [6.07, 6.45) is -1.51. The second-order valence-corrected chi connectivity index (χ2v) is 5.40. The summed E-state index contributed by atoms with van der Waals surface area (Å²) in [6.45, 7) is 1.62. The van der Waals surface area contributed by atoms with E-state index in [1.807, 2.05) is 0 Å². The van der Waals surface area contributed by atoms with Gasteiger partial charge in [0, 0.05) is 11.3 Å². The van der Waals surface area contributed by atoms with E-state index < -0.39 is 23.6 Å². The topological polar surface area (TPSA) is 82.2 Å². The first kappa shape index (κ1) is 14.4. The number of amidine groups is 1. The van der Waals surface area contributed by atoms with Gasteiger partial charge in [-0.3, -0.25) is 4.99 Å². The van der Waals surface area contributed by atoms with Crippen molar-refractivity contribution in [2.45, 2.75) is 25.4 Å². The van der Waals surface area contributed by atoms with Gasteiger partial charge in [0.25, 0.3) is 6.43 Å². The van der Waals surface area contributed by atoms with E-state index in [-0.39, 0.29) is 17.9 Å². The van der Waals surface area contributed by atoms with Gasteiger partial charge in [-0.1, -0.05) is 0 Å². The van der Waals surface area contributed by atoms with Crippen molar-refractivity contribution in [1.82, 2.24) is 9.55 Å². The van der Waals surface area contributed by atoms with Crippen LogP contribution >= 0.6 is 0 Å². The second-order valence-electron chi connectivity index (χ2n) is 5.40. The molecule has 116 valence electrons. The molecular weight excluding hydrogens is 295 g/mol. The number of hydrogen-bond acceptors (Lipinski definition) is 4. The van der Waals surface area contributed by atoms with Crippen molar-refractivity contribution in [3.05, 3.63) is 47.3 Å². The number of nitrogens with two attached hydrogens (primary N) is 2. The van der Waals surface area contributed by atoms with Gasteiger partial charge in [0.05, 0.1) is 12.7 Å². The van der Waals surface area contributed by atoms with Crippen molar-refractivity contribution in [2.75, 3.05) is 5.73 Å². The number of aliphatic imine (C=N–C) groups is 1. The molecular formula is C14H14F3N5. The Hall–Kier alpha value is -2.51. The molecule has 0 unspecified atom stereocenters. The van der Waals surface area contributed by atoms with Crippen molar-refractivity contribution in [1.29, 1.82) is 0 Å². The van der Waals surface area contributed by atoms with Crippen molar-refractivity contribution >= 4 is 11.5 Å². The Labute approximate surface area is 124 Å². The number of alkyl halides is 2. The Bertz CT molecular complexity index is 768. The number of rotatable bonds is 2. The Morgan fingerprint density at radius 3 is 2.73 bits per heavy atom. The average molecular weight is 309 g/mol. The Balaban J connectivity index is 2.15. The third kappa shape index (κ3) is 2.11. The van der Waals surface area contributed by atoms with Crippen LogP contribution in [0.1, 0.15) is 30.4 Å². The van der Waals surface area contributed by atoms with E-state index in [9.17, 15) is 13.2 Å². The summed E-state index contributed by atoms with van der Waals surface area (Å²) in [5.41, 5.74) is 11.3. The van der Waals surface area contributed by atoms with Gasteiger partial charge < -0.3 is 16.0 Å². The molecule has 0 radical (unpaired) electrons. The lowest BCUT2D eigenvalue weighted by Gasteiger charge is -2.32. The number of nitrogen functional groups attached to an aromatic ring is 1. The predicted molar refractivity (Wildman–Crippen MR) is 76.1 cm³/mol. The van der Waals surface area contributed by atoms with Crippen LogP contribution in [0.5, 0.6) is 0 Å². The summed E-state index contributed by atoms with van der Waals surface area (Å²) in [5, 5.41) is 0. The van der Waals surface area contributed by atoms with Crippen molar-refractivity contribution in [2.24, 2.45) is 10.7 Å². The van der Waals surface area contributed by atoms with Gasteiger partial charge >= 0.3 is 0 Å². The summed E-state index contributed by atoms with van der Waals surface area (Å²) >= 11 is 0. The highest BCUT2D eigenvalue weighted by molar-refractivity contribution is 5.96. The van der Waals surface area contributed by atoms with E-state index in [1.54, 1.807) is 6.92 Å². The van der Waals surface area contributed by atoms with Crippen molar-refractivity contribution < 1.29 is 13.2 Å². The van der Waals surface area contributed by atoms with E-state index >= 15 is 0 Å². The molecule has 22 heavy (non-hydrogen) atoms. The molecule has 1 aliphatic heterocycles. The molecule has 1 atom stereocenters. The van der Waals surface area contributed by atoms with Gasteiger partial charge in [-0.25, -0.2) is 18.2 Å². The maximum absolute atomic E-state index is 14.1. The zero-order valence-corrected chi connectivity index (χ0v) is 11.7. The standard InChI is InChI=1S/C14H14F3N5/c1-14(8-4-7(18)2-3-9(8)15)6-22-10(12(19)21-14)5-20-13(22)11(16)17/h2-5,11H,6,18H2,1H3,(H2,19,21)/t14-/m0/s1. The molecule has 1 aromatic carbocycles.